The van der Waals surface area contributed by atoms with Gasteiger partial charge < -0.3 is 0 Å². The number of hydrogen-bond donors (Lipinski definition) is 0. The van der Waals surface area contributed by atoms with Crippen molar-refractivity contribution in [3.05, 3.63) is 35.4 Å². The van der Waals surface area contributed by atoms with Gasteiger partial charge in [0.15, 0.2) is 0 Å². The first-order chi connectivity index (χ1) is 14.3. The van der Waals surface area contributed by atoms with E-state index in [0.717, 1.165) is 23.7 Å². The predicted octanol–water partition coefficient (Wildman–Crippen LogP) is 9.15. The second-order valence-corrected chi connectivity index (χ2v) is 10.5. The molecule has 0 spiro atoms. The molecule has 0 heteroatoms. The lowest BCUT2D eigenvalue weighted by Gasteiger charge is -2.38. The van der Waals surface area contributed by atoms with Crippen LogP contribution in [0.4, 0.5) is 0 Å². The molecule has 2 aliphatic rings. The molecule has 0 bridgehead atoms. The minimum Gasteiger partial charge on any atom is -0.0654 e. The van der Waals surface area contributed by atoms with Crippen LogP contribution in [0.2, 0.25) is 0 Å². The normalized spacial score (nSPS) is 27.8. The third-order valence-corrected chi connectivity index (χ3v) is 8.33. The second kappa shape index (κ2) is 12.8. The van der Waals surface area contributed by atoms with Crippen molar-refractivity contribution in [3.8, 4) is 0 Å². The zero-order valence-electron chi connectivity index (χ0n) is 19.6. The highest BCUT2D eigenvalue weighted by Crippen LogP contribution is 2.42. The van der Waals surface area contributed by atoms with E-state index in [1.54, 1.807) is 24.0 Å². The number of hydrogen-bond acceptors (Lipinski definition) is 0. The summed E-state index contributed by atoms with van der Waals surface area (Å²) in [6.07, 6.45) is 24.6. The van der Waals surface area contributed by atoms with Crippen LogP contribution in [-0.4, -0.2) is 0 Å². The lowest BCUT2D eigenvalue weighted by atomic mass is 9.68. The lowest BCUT2D eigenvalue weighted by Crippen LogP contribution is -2.26. The standard InChI is InChI=1S/C29H48/c1-3-5-6-7-9-25-10-12-26(13-11-25)14-15-27-18-22-29(23-19-27)28-20-16-24(8-4-2)17-21-28/h10-13,24,27-29H,3-9,14-23H2,1-2H3/t24-,27-,28-,29-. The maximum Gasteiger partial charge on any atom is -0.0276 e. The summed E-state index contributed by atoms with van der Waals surface area (Å²) < 4.78 is 0. The Balaban J connectivity index is 1.31. The first-order valence-electron chi connectivity index (χ1n) is 13.4. The first kappa shape index (κ1) is 22.9. The molecule has 2 fully saturated rings. The summed E-state index contributed by atoms with van der Waals surface area (Å²) in [6, 6.07) is 9.62. The molecule has 1 aromatic carbocycles. The average molecular weight is 397 g/mol. The van der Waals surface area contributed by atoms with E-state index < -0.39 is 0 Å². The van der Waals surface area contributed by atoms with Crippen molar-refractivity contribution in [2.45, 2.75) is 123 Å². The number of unbranched alkanes of at least 4 members (excludes halogenated alkanes) is 3. The van der Waals surface area contributed by atoms with E-state index in [-0.39, 0.29) is 0 Å². The molecule has 164 valence electrons. The summed E-state index contributed by atoms with van der Waals surface area (Å²) >= 11 is 0. The van der Waals surface area contributed by atoms with Gasteiger partial charge >= 0.3 is 0 Å². The minimum atomic E-state index is 0.997. The van der Waals surface area contributed by atoms with E-state index in [1.165, 1.54) is 96.3 Å². The van der Waals surface area contributed by atoms with Crippen LogP contribution < -0.4 is 0 Å². The Kier molecular flexibility index (Phi) is 10.1. The molecule has 0 aromatic heterocycles. The third kappa shape index (κ3) is 7.76. The van der Waals surface area contributed by atoms with Gasteiger partial charge in [0, 0.05) is 0 Å². The monoisotopic (exact) mass is 396 g/mol. The molecule has 0 nitrogen and oxygen atoms in total. The summed E-state index contributed by atoms with van der Waals surface area (Å²) in [4.78, 5) is 0. The molecule has 0 saturated heterocycles. The molecule has 0 N–H and O–H groups in total. The fraction of sp³-hybridized carbons (Fsp3) is 0.793. The molecule has 0 heterocycles. The zero-order valence-corrected chi connectivity index (χ0v) is 19.6. The van der Waals surface area contributed by atoms with Gasteiger partial charge in [-0.1, -0.05) is 95.9 Å². The molecule has 3 rings (SSSR count). The second-order valence-electron chi connectivity index (χ2n) is 10.5. The summed E-state index contributed by atoms with van der Waals surface area (Å²) in [5.41, 5.74) is 3.11. The van der Waals surface area contributed by atoms with E-state index in [9.17, 15) is 0 Å². The number of benzene rings is 1. The predicted molar refractivity (Wildman–Crippen MR) is 128 cm³/mol. The fourth-order valence-electron chi connectivity index (χ4n) is 6.30. The van der Waals surface area contributed by atoms with Crippen LogP contribution in [0.3, 0.4) is 0 Å². The van der Waals surface area contributed by atoms with E-state index in [0.29, 0.717) is 0 Å². The molecular weight excluding hydrogens is 348 g/mol. The molecule has 0 atom stereocenters. The summed E-state index contributed by atoms with van der Waals surface area (Å²) in [7, 11) is 0. The van der Waals surface area contributed by atoms with Crippen LogP contribution in [-0.2, 0) is 12.8 Å². The Labute approximate surface area is 182 Å². The highest BCUT2D eigenvalue weighted by Gasteiger charge is 2.30. The number of aryl methyl sites for hydroxylation is 2. The van der Waals surface area contributed by atoms with Crippen LogP contribution >= 0.6 is 0 Å². The molecule has 2 saturated carbocycles. The quantitative estimate of drug-likeness (QED) is 0.327. The molecule has 0 unspecified atom stereocenters. The van der Waals surface area contributed by atoms with Crippen LogP contribution in [0.25, 0.3) is 0 Å². The molecular formula is C29H48. The molecule has 0 amide bonds. The van der Waals surface area contributed by atoms with Crippen molar-refractivity contribution >= 4 is 0 Å². The summed E-state index contributed by atoms with van der Waals surface area (Å²) in [5.74, 6) is 4.21. The molecule has 29 heavy (non-hydrogen) atoms. The highest BCUT2D eigenvalue weighted by atomic mass is 14.4. The Morgan fingerprint density at radius 1 is 0.552 bits per heavy atom. The third-order valence-electron chi connectivity index (χ3n) is 8.33. The van der Waals surface area contributed by atoms with Gasteiger partial charge in [0.2, 0.25) is 0 Å². The van der Waals surface area contributed by atoms with Crippen molar-refractivity contribution in [1.82, 2.24) is 0 Å². The van der Waals surface area contributed by atoms with Gasteiger partial charge in [-0.05, 0) is 86.2 Å². The smallest absolute Gasteiger partial charge is 0.0276 e. The minimum absolute atomic E-state index is 0.997. The Morgan fingerprint density at radius 2 is 1.07 bits per heavy atom. The van der Waals surface area contributed by atoms with Crippen molar-refractivity contribution in [3.63, 3.8) is 0 Å². The summed E-state index contributed by atoms with van der Waals surface area (Å²) in [5, 5.41) is 0. The molecule has 0 aliphatic heterocycles. The van der Waals surface area contributed by atoms with E-state index in [1.807, 2.05) is 0 Å². The van der Waals surface area contributed by atoms with Crippen LogP contribution in [0, 0.1) is 23.7 Å². The fourth-order valence-corrected chi connectivity index (χ4v) is 6.30. The maximum atomic E-state index is 2.41. The van der Waals surface area contributed by atoms with Gasteiger partial charge in [-0.2, -0.15) is 0 Å². The van der Waals surface area contributed by atoms with Gasteiger partial charge in [0.25, 0.3) is 0 Å². The largest absolute Gasteiger partial charge is 0.0654 e. The van der Waals surface area contributed by atoms with E-state index >= 15 is 0 Å². The molecule has 1 aromatic rings. The van der Waals surface area contributed by atoms with Crippen molar-refractivity contribution < 1.29 is 0 Å². The van der Waals surface area contributed by atoms with Crippen LogP contribution in [0.15, 0.2) is 24.3 Å². The zero-order chi connectivity index (χ0) is 20.3. The Hall–Kier alpha value is -0.780. The molecule has 2 aliphatic carbocycles. The topological polar surface area (TPSA) is 0 Å². The van der Waals surface area contributed by atoms with Gasteiger partial charge in [0.05, 0.1) is 0 Å². The lowest BCUT2D eigenvalue weighted by molar-refractivity contribution is 0.141. The Morgan fingerprint density at radius 3 is 1.59 bits per heavy atom. The van der Waals surface area contributed by atoms with Crippen molar-refractivity contribution in [2.75, 3.05) is 0 Å². The maximum absolute atomic E-state index is 2.41. The van der Waals surface area contributed by atoms with Crippen molar-refractivity contribution in [1.29, 1.82) is 0 Å². The van der Waals surface area contributed by atoms with Gasteiger partial charge in [-0.15, -0.1) is 0 Å². The van der Waals surface area contributed by atoms with Gasteiger partial charge in [0.1, 0.15) is 0 Å². The average Bonchev–Trinajstić information content (AvgIpc) is 2.77. The number of rotatable bonds is 11. The van der Waals surface area contributed by atoms with Gasteiger partial charge in [-0.25, -0.2) is 0 Å². The van der Waals surface area contributed by atoms with E-state index in [4.69, 9.17) is 0 Å². The van der Waals surface area contributed by atoms with Crippen LogP contribution in [0.5, 0.6) is 0 Å². The highest BCUT2D eigenvalue weighted by molar-refractivity contribution is 5.22. The van der Waals surface area contributed by atoms with E-state index in [2.05, 4.69) is 38.1 Å². The molecule has 0 radical (unpaired) electrons. The van der Waals surface area contributed by atoms with Crippen LogP contribution in [0.1, 0.15) is 121 Å². The van der Waals surface area contributed by atoms with Crippen molar-refractivity contribution in [2.24, 2.45) is 23.7 Å². The van der Waals surface area contributed by atoms with Gasteiger partial charge in [-0.3, -0.25) is 0 Å². The summed E-state index contributed by atoms with van der Waals surface area (Å²) in [6.45, 7) is 4.65. The first-order valence-corrected chi connectivity index (χ1v) is 13.4. The SMILES string of the molecule is CCCCCCc1ccc(CC[C@H]2CC[C@H]([C@H]3CC[C@H](CCC)CC3)CC2)cc1. The Bertz CT molecular complexity index is 526.